The van der Waals surface area contributed by atoms with E-state index in [1.165, 1.54) is 5.56 Å². The van der Waals surface area contributed by atoms with Crippen LogP contribution in [-0.4, -0.2) is 14.8 Å². The number of aromatic nitrogens is 3. The zero-order valence-corrected chi connectivity index (χ0v) is 12.4. The minimum Gasteiger partial charge on any atom is -0.324 e. The first-order chi connectivity index (χ1) is 9.24. The zero-order valence-electron chi connectivity index (χ0n) is 10.8. The first-order valence-corrected chi connectivity index (χ1v) is 7.60. The molecule has 1 aromatic carbocycles. The van der Waals surface area contributed by atoms with E-state index in [1.54, 1.807) is 11.8 Å². The normalized spacial score (nSPS) is 10.9. The van der Waals surface area contributed by atoms with E-state index in [4.69, 9.17) is 17.3 Å². The van der Waals surface area contributed by atoms with Gasteiger partial charge < -0.3 is 10.3 Å². The third kappa shape index (κ3) is 3.72. The predicted octanol–water partition coefficient (Wildman–Crippen LogP) is 3.09. The second kappa shape index (κ2) is 6.93. The van der Waals surface area contributed by atoms with Crippen LogP contribution in [0.4, 0.5) is 0 Å². The molecule has 1 aromatic heterocycles. The zero-order chi connectivity index (χ0) is 13.7. The summed E-state index contributed by atoms with van der Waals surface area (Å²) in [6, 6.07) is 7.87. The Morgan fingerprint density at radius 1 is 1.37 bits per heavy atom. The summed E-state index contributed by atoms with van der Waals surface area (Å²) >= 11 is 7.64. The Labute approximate surface area is 122 Å². The smallest absolute Gasteiger partial charge is 0.191 e. The molecule has 0 saturated heterocycles. The highest BCUT2D eigenvalue weighted by atomic mass is 35.5. The van der Waals surface area contributed by atoms with Gasteiger partial charge in [0, 0.05) is 17.3 Å². The maximum Gasteiger partial charge on any atom is 0.191 e. The minimum absolute atomic E-state index is 0.421. The Morgan fingerprint density at radius 2 is 2.21 bits per heavy atom. The van der Waals surface area contributed by atoms with Gasteiger partial charge in [-0.25, -0.2) is 0 Å². The molecule has 0 fully saturated rings. The van der Waals surface area contributed by atoms with Gasteiger partial charge in [0.05, 0.1) is 6.54 Å². The van der Waals surface area contributed by atoms with Crippen molar-refractivity contribution in [1.82, 2.24) is 14.8 Å². The van der Waals surface area contributed by atoms with Crippen molar-refractivity contribution >= 4 is 23.4 Å². The van der Waals surface area contributed by atoms with E-state index in [0.29, 0.717) is 6.54 Å². The summed E-state index contributed by atoms with van der Waals surface area (Å²) in [5.74, 6) is 1.67. The average Bonchev–Trinajstić information content (AvgIpc) is 2.79. The molecule has 2 aromatic rings. The summed E-state index contributed by atoms with van der Waals surface area (Å²) < 4.78 is 2.09. The van der Waals surface area contributed by atoms with E-state index in [-0.39, 0.29) is 0 Å². The third-order valence-electron chi connectivity index (χ3n) is 2.68. The summed E-state index contributed by atoms with van der Waals surface area (Å²) in [7, 11) is 0. The van der Waals surface area contributed by atoms with Crippen LogP contribution in [0.5, 0.6) is 0 Å². The molecule has 0 atom stereocenters. The van der Waals surface area contributed by atoms with Crippen molar-refractivity contribution in [3.63, 3.8) is 0 Å². The molecule has 0 spiro atoms. The van der Waals surface area contributed by atoms with E-state index in [0.717, 1.165) is 34.7 Å². The van der Waals surface area contributed by atoms with Gasteiger partial charge in [-0.1, -0.05) is 42.4 Å². The Kier molecular flexibility index (Phi) is 5.24. The molecule has 0 unspecified atom stereocenters. The van der Waals surface area contributed by atoms with Gasteiger partial charge in [0.2, 0.25) is 0 Å². The number of hydrogen-bond donors (Lipinski definition) is 1. The molecule has 2 rings (SSSR count). The monoisotopic (exact) mass is 296 g/mol. The number of nitrogens with two attached hydrogens (primary N) is 1. The fraction of sp³-hybridized carbons (Fsp3) is 0.385. The number of rotatable bonds is 6. The van der Waals surface area contributed by atoms with Crippen LogP contribution in [0, 0.1) is 0 Å². The summed E-state index contributed by atoms with van der Waals surface area (Å²) in [4.78, 5) is 0. The van der Waals surface area contributed by atoms with Crippen LogP contribution in [-0.2, 0) is 18.8 Å². The molecule has 0 aliphatic carbocycles. The van der Waals surface area contributed by atoms with Crippen LogP contribution in [0.25, 0.3) is 0 Å². The quantitative estimate of drug-likeness (QED) is 0.832. The lowest BCUT2D eigenvalue weighted by atomic mass is 10.2. The molecule has 0 radical (unpaired) electrons. The second-order valence-corrected chi connectivity index (χ2v) is 5.55. The van der Waals surface area contributed by atoms with Crippen LogP contribution in [0.1, 0.15) is 24.7 Å². The van der Waals surface area contributed by atoms with Crippen LogP contribution in [0.15, 0.2) is 29.4 Å². The highest BCUT2D eigenvalue weighted by Gasteiger charge is 2.10. The SMILES string of the molecule is CCCn1c(CN)nnc1SCc1cccc(Cl)c1. The van der Waals surface area contributed by atoms with Crippen LogP contribution in [0.2, 0.25) is 5.02 Å². The third-order valence-corrected chi connectivity index (χ3v) is 3.95. The fourth-order valence-corrected chi connectivity index (χ4v) is 2.94. The number of benzene rings is 1. The first-order valence-electron chi connectivity index (χ1n) is 6.24. The van der Waals surface area contributed by atoms with Crippen molar-refractivity contribution in [2.75, 3.05) is 0 Å². The maximum absolute atomic E-state index is 5.98. The lowest BCUT2D eigenvalue weighted by molar-refractivity contribution is 0.592. The van der Waals surface area contributed by atoms with Crippen LogP contribution >= 0.6 is 23.4 Å². The van der Waals surface area contributed by atoms with Gasteiger partial charge >= 0.3 is 0 Å². The van der Waals surface area contributed by atoms with E-state index in [2.05, 4.69) is 27.8 Å². The summed E-state index contributed by atoms with van der Waals surface area (Å²) in [6.45, 7) is 3.45. The molecule has 0 aliphatic heterocycles. The van der Waals surface area contributed by atoms with Crippen molar-refractivity contribution in [3.8, 4) is 0 Å². The summed E-state index contributed by atoms with van der Waals surface area (Å²) in [6.07, 6.45) is 1.04. The lowest BCUT2D eigenvalue weighted by Crippen LogP contribution is -2.09. The molecule has 1 heterocycles. The van der Waals surface area contributed by atoms with Crippen molar-refractivity contribution in [2.24, 2.45) is 5.73 Å². The fourth-order valence-electron chi connectivity index (χ4n) is 1.80. The maximum atomic E-state index is 5.98. The molecule has 19 heavy (non-hydrogen) atoms. The van der Waals surface area contributed by atoms with Gasteiger partial charge in [0.1, 0.15) is 5.82 Å². The molecule has 2 N–H and O–H groups in total. The van der Waals surface area contributed by atoms with Crippen LogP contribution in [0.3, 0.4) is 0 Å². The molecule has 6 heteroatoms. The predicted molar refractivity (Wildman–Crippen MR) is 79.2 cm³/mol. The van der Waals surface area contributed by atoms with Gasteiger partial charge in [-0.3, -0.25) is 0 Å². The molecule has 4 nitrogen and oxygen atoms in total. The van der Waals surface area contributed by atoms with Gasteiger partial charge in [-0.05, 0) is 24.1 Å². The Hall–Kier alpha value is -1.04. The van der Waals surface area contributed by atoms with Gasteiger partial charge in [-0.2, -0.15) is 0 Å². The first kappa shape index (κ1) is 14.4. The lowest BCUT2D eigenvalue weighted by Gasteiger charge is -2.07. The Morgan fingerprint density at radius 3 is 2.89 bits per heavy atom. The van der Waals surface area contributed by atoms with Gasteiger partial charge in [-0.15, -0.1) is 10.2 Å². The largest absolute Gasteiger partial charge is 0.324 e. The van der Waals surface area contributed by atoms with E-state index < -0.39 is 0 Å². The van der Waals surface area contributed by atoms with Crippen molar-refractivity contribution in [1.29, 1.82) is 0 Å². The second-order valence-electron chi connectivity index (χ2n) is 4.17. The number of hydrogen-bond acceptors (Lipinski definition) is 4. The molecule has 0 aliphatic rings. The van der Waals surface area contributed by atoms with Crippen molar-refractivity contribution in [2.45, 2.75) is 37.3 Å². The molecule has 0 bridgehead atoms. The van der Waals surface area contributed by atoms with Gasteiger partial charge in [0.25, 0.3) is 0 Å². The molecule has 0 saturated carbocycles. The van der Waals surface area contributed by atoms with E-state index in [1.807, 2.05) is 18.2 Å². The minimum atomic E-state index is 0.421. The number of nitrogens with zero attached hydrogens (tertiary/aromatic N) is 3. The Balaban J connectivity index is 2.08. The van der Waals surface area contributed by atoms with Crippen LogP contribution < -0.4 is 5.73 Å². The van der Waals surface area contributed by atoms with Crippen molar-refractivity contribution < 1.29 is 0 Å². The molecule has 102 valence electrons. The average molecular weight is 297 g/mol. The summed E-state index contributed by atoms with van der Waals surface area (Å²) in [5.41, 5.74) is 6.85. The highest BCUT2D eigenvalue weighted by Crippen LogP contribution is 2.23. The van der Waals surface area contributed by atoms with E-state index >= 15 is 0 Å². The Bertz CT molecular complexity index is 541. The molecule has 0 amide bonds. The highest BCUT2D eigenvalue weighted by molar-refractivity contribution is 7.98. The van der Waals surface area contributed by atoms with Crippen molar-refractivity contribution in [3.05, 3.63) is 40.7 Å². The van der Waals surface area contributed by atoms with E-state index in [9.17, 15) is 0 Å². The summed E-state index contributed by atoms with van der Waals surface area (Å²) in [5, 5.41) is 10.0. The number of halogens is 1. The number of thioether (sulfide) groups is 1. The topological polar surface area (TPSA) is 56.7 Å². The van der Waals surface area contributed by atoms with Gasteiger partial charge in [0.15, 0.2) is 5.16 Å². The molecular formula is C13H17ClN4S. The standard InChI is InChI=1S/C13H17ClN4S/c1-2-6-18-12(8-15)16-17-13(18)19-9-10-4-3-5-11(14)7-10/h3-5,7H,2,6,8-9,15H2,1H3. The molecular weight excluding hydrogens is 280 g/mol.